The van der Waals surface area contributed by atoms with Crippen molar-refractivity contribution in [1.29, 1.82) is 0 Å². The zero-order valence-electron chi connectivity index (χ0n) is 14.0. The van der Waals surface area contributed by atoms with Gasteiger partial charge in [-0.2, -0.15) is 0 Å². The maximum atomic E-state index is 12.2. The highest BCUT2D eigenvalue weighted by Gasteiger charge is 2.20. The third kappa shape index (κ3) is 4.27. The highest BCUT2D eigenvalue weighted by molar-refractivity contribution is 6.42. The van der Waals surface area contributed by atoms with E-state index < -0.39 is 0 Å². The number of anilines is 1. The molecule has 2 aromatic rings. The maximum absolute atomic E-state index is 12.2. The predicted octanol–water partition coefficient (Wildman–Crippen LogP) is 5.02. The van der Waals surface area contributed by atoms with Crippen molar-refractivity contribution in [1.82, 2.24) is 5.32 Å². The maximum Gasteiger partial charge on any atom is 0.226 e. The van der Waals surface area contributed by atoms with E-state index >= 15 is 0 Å². The van der Waals surface area contributed by atoms with E-state index in [1.54, 1.807) is 18.2 Å². The van der Waals surface area contributed by atoms with Crippen molar-refractivity contribution < 1.29 is 9.53 Å². The summed E-state index contributed by atoms with van der Waals surface area (Å²) >= 11 is 12.0. The van der Waals surface area contributed by atoms with E-state index in [-0.39, 0.29) is 5.91 Å². The van der Waals surface area contributed by atoms with Crippen LogP contribution in [-0.2, 0) is 11.3 Å². The summed E-state index contributed by atoms with van der Waals surface area (Å²) in [4.78, 5) is 14.0. The molecule has 1 aliphatic rings. The van der Waals surface area contributed by atoms with Crippen LogP contribution in [0.4, 0.5) is 5.69 Å². The van der Waals surface area contributed by atoms with Crippen LogP contribution in [0.2, 0.25) is 10.0 Å². The summed E-state index contributed by atoms with van der Waals surface area (Å²) in [5.41, 5.74) is 1.89. The third-order valence-corrected chi connectivity index (χ3v) is 4.90. The van der Waals surface area contributed by atoms with E-state index in [0.29, 0.717) is 28.8 Å². The van der Waals surface area contributed by atoms with Crippen LogP contribution in [0.15, 0.2) is 36.4 Å². The topological polar surface area (TPSA) is 41.6 Å². The number of halogens is 2. The molecular formula is C19H20Cl2N2O2. The lowest BCUT2D eigenvalue weighted by Crippen LogP contribution is -2.35. The number of carbonyl (C=O) groups excluding carboxylic acids is 1. The zero-order valence-corrected chi connectivity index (χ0v) is 15.5. The summed E-state index contributed by atoms with van der Waals surface area (Å²) < 4.78 is 5.98. The fourth-order valence-corrected chi connectivity index (χ4v) is 3.20. The number of ether oxygens (including phenoxy) is 1. The van der Waals surface area contributed by atoms with Crippen molar-refractivity contribution in [3.63, 3.8) is 0 Å². The minimum absolute atomic E-state index is 0.180. The Hall–Kier alpha value is -1.75. The summed E-state index contributed by atoms with van der Waals surface area (Å²) in [5.74, 6) is 1.52. The zero-order chi connectivity index (χ0) is 17.8. The summed E-state index contributed by atoms with van der Waals surface area (Å²) in [6, 6.07) is 11.0. The van der Waals surface area contributed by atoms with Crippen molar-refractivity contribution in [2.24, 2.45) is 0 Å². The molecule has 0 unspecified atom stereocenters. The Morgan fingerprint density at radius 2 is 1.96 bits per heavy atom. The van der Waals surface area contributed by atoms with Gasteiger partial charge in [0.15, 0.2) is 0 Å². The number of nitrogens with one attached hydrogen (secondary N) is 1. The molecule has 0 radical (unpaired) electrons. The monoisotopic (exact) mass is 378 g/mol. The van der Waals surface area contributed by atoms with Gasteiger partial charge in [-0.05, 0) is 50.2 Å². The molecule has 1 heterocycles. The van der Waals surface area contributed by atoms with Crippen LogP contribution in [0.5, 0.6) is 11.5 Å². The van der Waals surface area contributed by atoms with E-state index in [4.69, 9.17) is 27.9 Å². The van der Waals surface area contributed by atoms with E-state index in [1.165, 1.54) is 0 Å². The van der Waals surface area contributed by atoms with Crippen molar-refractivity contribution in [2.75, 3.05) is 18.5 Å². The number of amides is 1. The lowest BCUT2D eigenvalue weighted by Gasteiger charge is -2.27. The second-order valence-corrected chi connectivity index (χ2v) is 6.82. The summed E-state index contributed by atoms with van der Waals surface area (Å²) in [7, 11) is 1.88. The second-order valence-electron chi connectivity index (χ2n) is 6.00. The number of hydrogen-bond donors (Lipinski definition) is 1. The fraction of sp³-hybridized carbons (Fsp3) is 0.316. The van der Waals surface area contributed by atoms with E-state index in [2.05, 4.69) is 5.32 Å². The molecule has 3 rings (SSSR count). The molecule has 1 amide bonds. The molecule has 1 fully saturated rings. The Bertz CT molecular complexity index is 780. The predicted molar refractivity (Wildman–Crippen MR) is 102 cm³/mol. The molecule has 0 saturated carbocycles. The van der Waals surface area contributed by atoms with Crippen molar-refractivity contribution in [3.05, 3.63) is 52.0 Å². The van der Waals surface area contributed by atoms with E-state index in [1.807, 2.05) is 30.1 Å². The van der Waals surface area contributed by atoms with Gasteiger partial charge in [-0.1, -0.05) is 23.2 Å². The molecular weight excluding hydrogens is 359 g/mol. The molecule has 1 N–H and O–H groups in total. The van der Waals surface area contributed by atoms with Gasteiger partial charge in [0.05, 0.1) is 10.0 Å². The molecule has 0 bridgehead atoms. The minimum Gasteiger partial charge on any atom is -0.457 e. The molecule has 25 heavy (non-hydrogen) atoms. The van der Waals surface area contributed by atoms with Crippen molar-refractivity contribution in [2.45, 2.75) is 25.8 Å². The first-order chi connectivity index (χ1) is 12.1. The first-order valence-electron chi connectivity index (χ1n) is 8.29. The fourth-order valence-electron chi connectivity index (χ4n) is 2.91. The Kier molecular flexibility index (Phi) is 5.84. The number of benzene rings is 2. The number of hydrogen-bond acceptors (Lipinski definition) is 3. The van der Waals surface area contributed by atoms with Crippen molar-refractivity contribution >= 4 is 34.8 Å². The Labute approximate surface area is 157 Å². The van der Waals surface area contributed by atoms with Gasteiger partial charge in [0.1, 0.15) is 11.5 Å². The van der Waals surface area contributed by atoms with Gasteiger partial charge in [-0.15, -0.1) is 0 Å². The standard InChI is InChI=1S/C19H20Cl2N2O2/c1-22-12-13-10-14(23-9-3-2-4-19(23)24)5-8-18(13)25-15-6-7-16(20)17(21)11-15/h5-8,10-11,22H,2-4,9,12H2,1H3. The number of carbonyl (C=O) groups is 1. The van der Waals surface area contributed by atoms with Gasteiger partial charge < -0.3 is 15.0 Å². The quantitative estimate of drug-likeness (QED) is 0.793. The van der Waals surface area contributed by atoms with Gasteiger partial charge in [0.25, 0.3) is 0 Å². The first-order valence-corrected chi connectivity index (χ1v) is 9.05. The molecule has 2 aromatic carbocycles. The highest BCUT2D eigenvalue weighted by atomic mass is 35.5. The normalized spacial score (nSPS) is 14.7. The van der Waals surface area contributed by atoms with Crippen LogP contribution in [0.1, 0.15) is 24.8 Å². The van der Waals surface area contributed by atoms with Crippen molar-refractivity contribution in [3.8, 4) is 11.5 Å². The molecule has 0 aliphatic carbocycles. The largest absolute Gasteiger partial charge is 0.457 e. The third-order valence-electron chi connectivity index (χ3n) is 4.17. The Morgan fingerprint density at radius 1 is 1.12 bits per heavy atom. The average molecular weight is 379 g/mol. The molecule has 132 valence electrons. The van der Waals surface area contributed by atoms with Gasteiger partial charge in [-0.3, -0.25) is 4.79 Å². The van der Waals surface area contributed by atoms with Crippen LogP contribution in [0.3, 0.4) is 0 Å². The van der Waals surface area contributed by atoms with Gasteiger partial charge in [0.2, 0.25) is 5.91 Å². The van der Waals surface area contributed by atoms with Gasteiger partial charge in [-0.25, -0.2) is 0 Å². The molecule has 0 aromatic heterocycles. The van der Waals surface area contributed by atoms with Gasteiger partial charge >= 0.3 is 0 Å². The first kappa shape index (κ1) is 18.1. The van der Waals surface area contributed by atoms with E-state index in [0.717, 1.165) is 36.4 Å². The van der Waals surface area contributed by atoms with E-state index in [9.17, 15) is 4.79 Å². The molecule has 1 aliphatic heterocycles. The lowest BCUT2D eigenvalue weighted by molar-refractivity contribution is -0.119. The number of rotatable bonds is 5. The average Bonchev–Trinajstić information content (AvgIpc) is 2.60. The molecule has 4 nitrogen and oxygen atoms in total. The van der Waals surface area contributed by atoms with Crippen LogP contribution >= 0.6 is 23.2 Å². The minimum atomic E-state index is 0.180. The van der Waals surface area contributed by atoms with Crippen LogP contribution in [0, 0.1) is 0 Å². The number of piperidine rings is 1. The van der Waals surface area contributed by atoms with Gasteiger partial charge in [0, 0.05) is 36.8 Å². The second kappa shape index (κ2) is 8.09. The summed E-state index contributed by atoms with van der Waals surface area (Å²) in [6.45, 7) is 1.40. The molecule has 1 saturated heterocycles. The Morgan fingerprint density at radius 3 is 2.68 bits per heavy atom. The molecule has 0 atom stereocenters. The summed E-state index contributed by atoms with van der Waals surface area (Å²) in [5, 5.41) is 4.08. The molecule has 6 heteroatoms. The smallest absolute Gasteiger partial charge is 0.226 e. The Balaban J connectivity index is 1.88. The van der Waals surface area contributed by atoms with Crippen LogP contribution in [-0.4, -0.2) is 19.5 Å². The lowest BCUT2D eigenvalue weighted by atomic mass is 10.1. The SMILES string of the molecule is CNCc1cc(N2CCCCC2=O)ccc1Oc1ccc(Cl)c(Cl)c1. The highest BCUT2D eigenvalue weighted by Crippen LogP contribution is 2.33. The van der Waals surface area contributed by atoms with Crippen LogP contribution < -0.4 is 15.0 Å². The van der Waals surface area contributed by atoms with Crippen LogP contribution in [0.25, 0.3) is 0 Å². The number of nitrogens with zero attached hydrogens (tertiary/aromatic N) is 1. The molecule has 0 spiro atoms. The summed E-state index contributed by atoms with van der Waals surface area (Å²) in [6.07, 6.45) is 2.62.